The van der Waals surface area contributed by atoms with E-state index in [9.17, 15) is 13.2 Å². The van der Waals surface area contributed by atoms with E-state index >= 15 is 0 Å². The summed E-state index contributed by atoms with van der Waals surface area (Å²) < 4.78 is 38.4. The minimum Gasteiger partial charge on any atom is -0.348 e. The fourth-order valence-electron chi connectivity index (χ4n) is 1.88. The maximum absolute atomic E-state index is 12.8. The van der Waals surface area contributed by atoms with Crippen LogP contribution in [0, 0.1) is 0 Å². The quantitative estimate of drug-likeness (QED) is 0.711. The van der Waals surface area contributed by atoms with Crippen molar-refractivity contribution in [2.75, 3.05) is 0 Å². The maximum Gasteiger partial charge on any atom is 0.398 e. The van der Waals surface area contributed by atoms with Gasteiger partial charge in [0.15, 0.2) is 0 Å². The lowest BCUT2D eigenvalue weighted by atomic mass is 9.99. The number of alkyl halides is 3. The molecule has 0 aliphatic carbocycles. The number of nitrogens with one attached hydrogen (secondary N) is 1. The Bertz CT molecular complexity index is 293. The third-order valence-electron chi connectivity index (χ3n) is 2.84. The molecular formula is C12H19F3N2. The first kappa shape index (κ1) is 14.1. The molecule has 0 radical (unpaired) electrons. The number of imidazole rings is 1. The molecule has 98 valence electrons. The fraction of sp³-hybridized carbons (Fsp3) is 0.750. The van der Waals surface area contributed by atoms with Gasteiger partial charge in [-0.1, -0.05) is 39.0 Å². The van der Waals surface area contributed by atoms with Crippen LogP contribution in [0.15, 0.2) is 12.4 Å². The summed E-state index contributed by atoms with van der Waals surface area (Å²) in [4.78, 5) is 6.29. The van der Waals surface area contributed by atoms with Crippen LogP contribution in [0.2, 0.25) is 0 Å². The van der Waals surface area contributed by atoms with Crippen molar-refractivity contribution < 1.29 is 13.2 Å². The Hall–Kier alpha value is -1.00. The third kappa shape index (κ3) is 4.79. The van der Waals surface area contributed by atoms with Crippen molar-refractivity contribution in [1.82, 2.24) is 9.97 Å². The average Bonchev–Trinajstić information content (AvgIpc) is 2.74. The van der Waals surface area contributed by atoms with Crippen molar-refractivity contribution in [3.63, 3.8) is 0 Å². The average molecular weight is 248 g/mol. The van der Waals surface area contributed by atoms with Crippen LogP contribution in [0.25, 0.3) is 0 Å². The second-order valence-corrected chi connectivity index (χ2v) is 4.27. The number of unbranched alkanes of at least 4 members (excludes halogenated alkanes) is 4. The van der Waals surface area contributed by atoms with E-state index in [4.69, 9.17) is 0 Å². The van der Waals surface area contributed by atoms with Gasteiger partial charge in [-0.25, -0.2) is 4.98 Å². The molecule has 0 bridgehead atoms. The van der Waals surface area contributed by atoms with Crippen molar-refractivity contribution in [1.29, 1.82) is 0 Å². The number of hydrogen-bond donors (Lipinski definition) is 1. The minimum atomic E-state index is -4.21. The Labute approximate surface area is 99.6 Å². The summed E-state index contributed by atoms with van der Waals surface area (Å²) in [6.45, 7) is 2.08. The monoisotopic (exact) mass is 248 g/mol. The van der Waals surface area contributed by atoms with Gasteiger partial charge in [-0.3, -0.25) is 0 Å². The van der Waals surface area contributed by atoms with Gasteiger partial charge in [0.05, 0.1) is 0 Å². The van der Waals surface area contributed by atoms with Crippen LogP contribution < -0.4 is 0 Å². The zero-order chi connectivity index (χ0) is 12.7. The van der Waals surface area contributed by atoms with Crippen LogP contribution >= 0.6 is 0 Å². The lowest BCUT2D eigenvalue weighted by Gasteiger charge is -2.18. The summed E-state index contributed by atoms with van der Waals surface area (Å²) in [7, 11) is 0. The predicted octanol–water partition coefficient (Wildman–Crippen LogP) is 4.42. The zero-order valence-corrected chi connectivity index (χ0v) is 10.1. The lowest BCUT2D eigenvalue weighted by Crippen LogP contribution is -2.22. The zero-order valence-electron chi connectivity index (χ0n) is 10.1. The molecule has 1 aromatic heterocycles. The Morgan fingerprint density at radius 2 is 1.94 bits per heavy atom. The van der Waals surface area contributed by atoms with Gasteiger partial charge < -0.3 is 4.98 Å². The van der Waals surface area contributed by atoms with Crippen LogP contribution in [-0.4, -0.2) is 16.1 Å². The first-order valence-corrected chi connectivity index (χ1v) is 6.11. The highest BCUT2D eigenvalue weighted by Gasteiger charge is 2.41. The summed E-state index contributed by atoms with van der Waals surface area (Å²) in [6, 6.07) is 0. The summed E-state index contributed by atoms with van der Waals surface area (Å²) in [6.07, 6.45) is 3.39. The SMILES string of the molecule is CCCCCCCC(c1ncc[nH]1)C(F)(F)F. The molecule has 0 aromatic carbocycles. The molecule has 0 aliphatic rings. The molecule has 2 nitrogen and oxygen atoms in total. The topological polar surface area (TPSA) is 28.7 Å². The smallest absolute Gasteiger partial charge is 0.348 e. The molecule has 17 heavy (non-hydrogen) atoms. The van der Waals surface area contributed by atoms with E-state index in [0.717, 1.165) is 25.7 Å². The van der Waals surface area contributed by atoms with Gasteiger partial charge in [0.2, 0.25) is 0 Å². The molecule has 0 saturated carbocycles. The predicted molar refractivity (Wildman–Crippen MR) is 60.8 cm³/mol. The van der Waals surface area contributed by atoms with E-state index in [1.807, 2.05) is 0 Å². The van der Waals surface area contributed by atoms with Crippen LogP contribution in [-0.2, 0) is 0 Å². The molecule has 1 N–H and O–H groups in total. The number of nitrogens with zero attached hydrogens (tertiary/aromatic N) is 1. The Morgan fingerprint density at radius 3 is 2.47 bits per heavy atom. The summed E-state index contributed by atoms with van der Waals surface area (Å²) >= 11 is 0. The molecule has 0 saturated heterocycles. The third-order valence-corrected chi connectivity index (χ3v) is 2.84. The van der Waals surface area contributed by atoms with Crippen molar-refractivity contribution in [3.05, 3.63) is 18.2 Å². The highest BCUT2D eigenvalue weighted by atomic mass is 19.4. The first-order chi connectivity index (χ1) is 8.05. The normalized spacial score (nSPS) is 13.9. The molecule has 0 fully saturated rings. The van der Waals surface area contributed by atoms with Gasteiger partial charge in [-0.2, -0.15) is 13.2 Å². The van der Waals surface area contributed by atoms with Crippen molar-refractivity contribution in [2.45, 2.75) is 57.5 Å². The number of halogens is 3. The molecule has 5 heteroatoms. The lowest BCUT2D eigenvalue weighted by molar-refractivity contribution is -0.153. The molecule has 0 spiro atoms. The molecular weight excluding hydrogens is 229 g/mol. The number of H-pyrrole nitrogens is 1. The van der Waals surface area contributed by atoms with Crippen molar-refractivity contribution in [2.24, 2.45) is 0 Å². The van der Waals surface area contributed by atoms with E-state index in [1.54, 1.807) is 0 Å². The summed E-state index contributed by atoms with van der Waals surface area (Å²) in [5, 5.41) is 0. The molecule has 1 atom stereocenters. The van der Waals surface area contributed by atoms with E-state index in [1.165, 1.54) is 12.4 Å². The Kier molecular flexibility index (Phi) is 5.51. The summed E-state index contributed by atoms with van der Waals surface area (Å²) in [5.41, 5.74) is 0. The Balaban J connectivity index is 2.44. The second-order valence-electron chi connectivity index (χ2n) is 4.27. The highest BCUT2D eigenvalue weighted by molar-refractivity contribution is 5.00. The number of aromatic nitrogens is 2. The van der Waals surface area contributed by atoms with E-state index in [-0.39, 0.29) is 12.2 Å². The van der Waals surface area contributed by atoms with Crippen molar-refractivity contribution >= 4 is 0 Å². The first-order valence-electron chi connectivity index (χ1n) is 6.11. The number of hydrogen-bond acceptors (Lipinski definition) is 1. The van der Waals surface area contributed by atoms with Crippen molar-refractivity contribution in [3.8, 4) is 0 Å². The molecule has 0 aliphatic heterocycles. The van der Waals surface area contributed by atoms with Crippen LogP contribution in [0.3, 0.4) is 0 Å². The van der Waals surface area contributed by atoms with E-state index in [0.29, 0.717) is 6.42 Å². The highest BCUT2D eigenvalue weighted by Crippen LogP contribution is 2.36. The summed E-state index contributed by atoms with van der Waals surface area (Å²) in [5.74, 6) is -1.41. The van der Waals surface area contributed by atoms with Crippen LogP contribution in [0.1, 0.15) is 57.2 Å². The number of aromatic amines is 1. The van der Waals surface area contributed by atoms with Gasteiger partial charge in [0.25, 0.3) is 0 Å². The van der Waals surface area contributed by atoms with Gasteiger partial charge in [0.1, 0.15) is 11.7 Å². The fourth-order valence-corrected chi connectivity index (χ4v) is 1.88. The molecule has 1 aromatic rings. The van der Waals surface area contributed by atoms with Gasteiger partial charge >= 0.3 is 6.18 Å². The molecule has 1 heterocycles. The molecule has 1 unspecified atom stereocenters. The van der Waals surface area contributed by atoms with Crippen LogP contribution in [0.5, 0.6) is 0 Å². The van der Waals surface area contributed by atoms with Gasteiger partial charge in [0, 0.05) is 12.4 Å². The number of rotatable bonds is 7. The molecule has 0 amide bonds. The molecule has 1 rings (SSSR count). The van der Waals surface area contributed by atoms with E-state index in [2.05, 4.69) is 16.9 Å². The van der Waals surface area contributed by atoms with Gasteiger partial charge in [-0.15, -0.1) is 0 Å². The minimum absolute atomic E-state index is 0.0352. The Morgan fingerprint density at radius 1 is 1.24 bits per heavy atom. The van der Waals surface area contributed by atoms with Gasteiger partial charge in [-0.05, 0) is 6.42 Å². The second kappa shape index (κ2) is 6.67. The maximum atomic E-state index is 12.8. The largest absolute Gasteiger partial charge is 0.398 e. The van der Waals surface area contributed by atoms with Crippen LogP contribution in [0.4, 0.5) is 13.2 Å². The van der Waals surface area contributed by atoms with E-state index < -0.39 is 12.1 Å². The standard InChI is InChI=1S/C12H19F3N2/c1-2-3-4-5-6-7-10(12(13,14)15)11-16-8-9-17-11/h8-10H,2-7H2,1H3,(H,16,17).